The first-order valence-electron chi connectivity index (χ1n) is 11.2. The normalized spacial score (nSPS) is 17.2. The third-order valence-corrected chi connectivity index (χ3v) is 6.24. The molecule has 2 heterocycles. The summed E-state index contributed by atoms with van der Waals surface area (Å²) in [6, 6.07) is 16.7. The number of amides is 1. The molecular formula is C27H25BrN2O4. The van der Waals surface area contributed by atoms with Crippen molar-refractivity contribution in [3.05, 3.63) is 94.2 Å². The second kappa shape index (κ2) is 10.7. The maximum atomic E-state index is 13.2. The van der Waals surface area contributed by atoms with Gasteiger partial charge in [0.2, 0.25) is 0 Å². The fourth-order valence-corrected chi connectivity index (χ4v) is 4.23. The fourth-order valence-electron chi connectivity index (χ4n) is 3.97. The smallest absolute Gasteiger partial charge is 0.300 e. The van der Waals surface area contributed by atoms with E-state index in [0.29, 0.717) is 29.2 Å². The quantitative estimate of drug-likeness (QED) is 0.169. The molecule has 174 valence electrons. The number of pyridine rings is 1. The number of rotatable bonds is 8. The van der Waals surface area contributed by atoms with Gasteiger partial charge >= 0.3 is 0 Å². The number of carbonyl (C=O) groups excluding carboxylic acids is 2. The summed E-state index contributed by atoms with van der Waals surface area (Å²) in [6.45, 7) is 2.76. The third-order valence-electron chi connectivity index (χ3n) is 5.72. The first kappa shape index (κ1) is 23.7. The Morgan fingerprint density at radius 2 is 1.68 bits per heavy atom. The number of anilines is 1. The van der Waals surface area contributed by atoms with Crippen molar-refractivity contribution >= 4 is 39.1 Å². The second-order valence-electron chi connectivity index (χ2n) is 8.01. The van der Waals surface area contributed by atoms with Crippen LogP contribution in [0, 0.1) is 0 Å². The Balaban J connectivity index is 1.73. The topological polar surface area (TPSA) is 79.7 Å². The molecule has 0 radical (unpaired) electrons. The van der Waals surface area contributed by atoms with Crippen LogP contribution < -0.4 is 9.64 Å². The molecule has 1 atom stereocenters. The number of ether oxygens (including phenoxy) is 1. The van der Waals surface area contributed by atoms with Gasteiger partial charge in [0, 0.05) is 28.1 Å². The van der Waals surface area contributed by atoms with Gasteiger partial charge in [-0.1, -0.05) is 35.7 Å². The van der Waals surface area contributed by atoms with Gasteiger partial charge in [-0.3, -0.25) is 19.5 Å². The first-order valence-corrected chi connectivity index (χ1v) is 12.0. The van der Waals surface area contributed by atoms with Crippen LogP contribution in [-0.4, -0.2) is 28.4 Å². The summed E-state index contributed by atoms with van der Waals surface area (Å²) in [6.07, 6.45) is 6.39. The molecule has 2 aromatic carbocycles. The largest absolute Gasteiger partial charge is 0.507 e. The number of nitrogens with zero attached hydrogens (tertiary/aromatic N) is 2. The predicted octanol–water partition coefficient (Wildman–Crippen LogP) is 6.04. The van der Waals surface area contributed by atoms with E-state index in [1.165, 1.54) is 4.90 Å². The van der Waals surface area contributed by atoms with Crippen LogP contribution in [0.15, 0.2) is 83.1 Å². The Morgan fingerprint density at radius 1 is 1.00 bits per heavy atom. The Kier molecular flexibility index (Phi) is 7.43. The molecule has 1 unspecified atom stereocenters. The lowest BCUT2D eigenvalue weighted by Crippen LogP contribution is -2.29. The van der Waals surface area contributed by atoms with E-state index in [9.17, 15) is 14.7 Å². The number of aromatic nitrogens is 1. The van der Waals surface area contributed by atoms with Gasteiger partial charge in [-0.15, -0.1) is 0 Å². The highest BCUT2D eigenvalue weighted by molar-refractivity contribution is 9.10. The monoisotopic (exact) mass is 520 g/mol. The highest BCUT2D eigenvalue weighted by atomic mass is 79.9. The summed E-state index contributed by atoms with van der Waals surface area (Å²) in [4.78, 5) is 31.8. The number of halogens is 1. The number of unbranched alkanes of at least 4 members (excludes halogenated alkanes) is 2. The lowest BCUT2D eigenvalue weighted by molar-refractivity contribution is -0.132. The molecule has 1 aliphatic rings. The summed E-state index contributed by atoms with van der Waals surface area (Å²) in [7, 11) is 0. The Bertz CT molecular complexity index is 1190. The predicted molar refractivity (Wildman–Crippen MR) is 135 cm³/mol. The van der Waals surface area contributed by atoms with Crippen LogP contribution >= 0.6 is 15.9 Å². The first-order chi connectivity index (χ1) is 16.5. The minimum atomic E-state index is -0.783. The van der Waals surface area contributed by atoms with Gasteiger partial charge in [-0.05, 0) is 72.6 Å². The number of Topliss-reactive ketones (excluding diaryl/α,β-unsaturated/α-hetero) is 1. The van der Waals surface area contributed by atoms with Crippen LogP contribution in [0.2, 0.25) is 0 Å². The molecule has 1 aromatic heterocycles. The molecule has 1 N–H and O–H groups in total. The minimum absolute atomic E-state index is 0.0377. The van der Waals surface area contributed by atoms with Crippen molar-refractivity contribution in [1.82, 2.24) is 4.98 Å². The molecule has 0 saturated carbocycles. The molecular weight excluding hydrogens is 496 g/mol. The van der Waals surface area contributed by atoms with E-state index in [-0.39, 0.29) is 11.3 Å². The summed E-state index contributed by atoms with van der Waals surface area (Å²) in [5, 5.41) is 11.2. The van der Waals surface area contributed by atoms with Crippen molar-refractivity contribution in [2.75, 3.05) is 11.5 Å². The molecule has 0 aliphatic carbocycles. The van der Waals surface area contributed by atoms with Gasteiger partial charge < -0.3 is 9.84 Å². The summed E-state index contributed by atoms with van der Waals surface area (Å²) >= 11 is 3.40. The molecule has 34 heavy (non-hydrogen) atoms. The number of ketones is 1. The van der Waals surface area contributed by atoms with E-state index in [1.807, 2.05) is 0 Å². The van der Waals surface area contributed by atoms with Gasteiger partial charge in [-0.25, -0.2) is 0 Å². The fraction of sp³-hybridized carbons (Fsp3) is 0.222. The van der Waals surface area contributed by atoms with Crippen molar-refractivity contribution in [3.8, 4) is 5.75 Å². The number of benzene rings is 2. The van der Waals surface area contributed by atoms with Crippen LogP contribution in [0.5, 0.6) is 5.75 Å². The second-order valence-corrected chi connectivity index (χ2v) is 8.92. The van der Waals surface area contributed by atoms with Crippen molar-refractivity contribution < 1.29 is 19.4 Å². The van der Waals surface area contributed by atoms with Crippen LogP contribution in [0.4, 0.5) is 5.69 Å². The summed E-state index contributed by atoms with van der Waals surface area (Å²) < 4.78 is 6.60. The molecule has 1 amide bonds. The van der Waals surface area contributed by atoms with Crippen molar-refractivity contribution in [3.63, 3.8) is 0 Å². The van der Waals surface area contributed by atoms with Crippen molar-refractivity contribution in [2.45, 2.75) is 32.2 Å². The lowest BCUT2D eigenvalue weighted by atomic mass is 9.95. The van der Waals surface area contributed by atoms with E-state index >= 15 is 0 Å². The van der Waals surface area contributed by atoms with E-state index in [4.69, 9.17) is 4.74 Å². The van der Waals surface area contributed by atoms with E-state index in [0.717, 1.165) is 23.7 Å². The highest BCUT2D eigenvalue weighted by Crippen LogP contribution is 2.42. The lowest BCUT2D eigenvalue weighted by Gasteiger charge is -2.25. The van der Waals surface area contributed by atoms with Crippen LogP contribution in [0.1, 0.15) is 43.4 Å². The van der Waals surface area contributed by atoms with Gasteiger partial charge in [0.1, 0.15) is 11.5 Å². The minimum Gasteiger partial charge on any atom is -0.507 e. The maximum absolute atomic E-state index is 13.2. The van der Waals surface area contributed by atoms with Gasteiger partial charge in [0.05, 0.1) is 18.2 Å². The van der Waals surface area contributed by atoms with Gasteiger partial charge in [-0.2, -0.15) is 0 Å². The summed E-state index contributed by atoms with van der Waals surface area (Å²) in [5.41, 5.74) is 1.71. The molecule has 7 heteroatoms. The number of hydrogen-bond donors (Lipinski definition) is 1. The van der Waals surface area contributed by atoms with Crippen molar-refractivity contribution in [1.29, 1.82) is 0 Å². The number of carbonyl (C=O) groups is 2. The van der Waals surface area contributed by atoms with E-state index in [1.54, 1.807) is 73.1 Å². The number of aliphatic hydroxyl groups is 1. The Morgan fingerprint density at radius 3 is 2.32 bits per heavy atom. The average Bonchev–Trinajstić information content (AvgIpc) is 3.13. The SMILES string of the molecule is CCCCCOc1ccc(/C(O)=C2/C(=O)C(=O)N(c3ccc(Br)cc3)C2c2ccncc2)cc1. The maximum Gasteiger partial charge on any atom is 0.300 e. The Labute approximate surface area is 207 Å². The molecule has 0 bridgehead atoms. The van der Waals surface area contributed by atoms with Gasteiger partial charge in [0.25, 0.3) is 11.7 Å². The van der Waals surface area contributed by atoms with E-state index in [2.05, 4.69) is 27.8 Å². The molecule has 1 saturated heterocycles. The highest BCUT2D eigenvalue weighted by Gasteiger charge is 2.46. The summed E-state index contributed by atoms with van der Waals surface area (Å²) in [5.74, 6) is -0.963. The molecule has 1 fully saturated rings. The molecule has 4 rings (SSSR count). The zero-order chi connectivity index (χ0) is 24.1. The molecule has 6 nitrogen and oxygen atoms in total. The number of aliphatic hydroxyl groups excluding tert-OH is 1. The zero-order valence-electron chi connectivity index (χ0n) is 18.8. The number of hydrogen-bond acceptors (Lipinski definition) is 5. The third kappa shape index (κ3) is 4.89. The Hall–Kier alpha value is -3.45. The van der Waals surface area contributed by atoms with Gasteiger partial charge in [0.15, 0.2) is 0 Å². The van der Waals surface area contributed by atoms with Crippen LogP contribution in [0.25, 0.3) is 5.76 Å². The van der Waals surface area contributed by atoms with E-state index < -0.39 is 17.7 Å². The molecule has 0 spiro atoms. The molecule has 1 aliphatic heterocycles. The van der Waals surface area contributed by atoms with Crippen molar-refractivity contribution in [2.24, 2.45) is 0 Å². The van der Waals surface area contributed by atoms with Crippen LogP contribution in [0.3, 0.4) is 0 Å². The standard InChI is InChI=1S/C27H25BrN2O4/c1-2-3-4-17-34-22-11-5-19(6-12-22)25(31)23-24(18-13-15-29-16-14-18)30(27(33)26(23)32)21-9-7-20(28)8-10-21/h5-16,24,31H,2-4,17H2,1H3/b25-23-. The average molecular weight is 521 g/mol. The van der Waals surface area contributed by atoms with Crippen LogP contribution in [-0.2, 0) is 9.59 Å². The zero-order valence-corrected chi connectivity index (χ0v) is 20.4. The molecule has 3 aromatic rings.